The summed E-state index contributed by atoms with van der Waals surface area (Å²) in [5.74, 6) is 0.402. The number of amides is 1. The van der Waals surface area contributed by atoms with Crippen LogP contribution in [0.4, 0.5) is 5.82 Å². The lowest BCUT2D eigenvalue weighted by molar-refractivity contribution is -0.126. The summed E-state index contributed by atoms with van der Waals surface area (Å²) < 4.78 is 5.01. The van der Waals surface area contributed by atoms with Gasteiger partial charge in [-0.1, -0.05) is 29.3 Å². The number of anilines is 1. The number of nitrogens with one attached hydrogen (secondary N) is 1. The first-order valence-electron chi connectivity index (χ1n) is 11.2. The lowest BCUT2D eigenvalue weighted by atomic mass is 10.1. The van der Waals surface area contributed by atoms with Gasteiger partial charge in [-0.15, -0.1) is 0 Å². The molecule has 0 aliphatic carbocycles. The van der Waals surface area contributed by atoms with E-state index < -0.39 is 0 Å². The van der Waals surface area contributed by atoms with Gasteiger partial charge >= 0.3 is 5.97 Å². The zero-order chi connectivity index (χ0) is 24.0. The average molecular weight is 493 g/mol. The standard InChI is InChI=1S/C24H30Cl2N4O3/c1-4-33-24(32)18-6-9-22(27-15-18)30-11-5-10-29(12-13-30)17(3)23(31)28-16(2)20-8-7-19(25)14-21(20)26/h6-9,14-17H,4-5,10-13H2,1-3H3,(H,28,31). The van der Waals surface area contributed by atoms with Gasteiger partial charge in [0, 0.05) is 42.4 Å². The topological polar surface area (TPSA) is 74.8 Å². The fourth-order valence-corrected chi connectivity index (χ4v) is 4.46. The van der Waals surface area contributed by atoms with E-state index in [-0.39, 0.29) is 24.0 Å². The summed E-state index contributed by atoms with van der Waals surface area (Å²) in [6.45, 7) is 9.05. The summed E-state index contributed by atoms with van der Waals surface area (Å²) in [5.41, 5.74) is 1.28. The molecule has 1 amide bonds. The highest BCUT2D eigenvalue weighted by Crippen LogP contribution is 2.26. The number of ether oxygens (including phenoxy) is 1. The molecule has 1 aliphatic heterocycles. The fourth-order valence-electron chi connectivity index (χ4n) is 3.89. The van der Waals surface area contributed by atoms with Crippen LogP contribution in [-0.2, 0) is 9.53 Å². The van der Waals surface area contributed by atoms with Crippen molar-refractivity contribution >= 4 is 40.9 Å². The van der Waals surface area contributed by atoms with Crippen LogP contribution in [0.25, 0.3) is 0 Å². The summed E-state index contributed by atoms with van der Waals surface area (Å²) in [7, 11) is 0. The maximum absolute atomic E-state index is 12.9. The Kier molecular flexibility index (Phi) is 8.95. The highest BCUT2D eigenvalue weighted by atomic mass is 35.5. The predicted octanol–water partition coefficient (Wildman–Crippen LogP) is 4.34. The first-order valence-corrected chi connectivity index (χ1v) is 11.9. The number of pyridine rings is 1. The van der Waals surface area contributed by atoms with E-state index >= 15 is 0 Å². The average Bonchev–Trinajstić information content (AvgIpc) is 3.05. The van der Waals surface area contributed by atoms with Gasteiger partial charge in [-0.2, -0.15) is 0 Å². The SMILES string of the molecule is CCOC(=O)c1ccc(N2CCCN(C(C)C(=O)NC(C)c3ccc(Cl)cc3Cl)CC2)nc1. The maximum Gasteiger partial charge on any atom is 0.339 e. The van der Waals surface area contributed by atoms with Crippen molar-refractivity contribution in [2.75, 3.05) is 37.7 Å². The number of nitrogens with zero attached hydrogens (tertiary/aromatic N) is 3. The number of halogens is 2. The largest absolute Gasteiger partial charge is 0.462 e. The molecule has 7 nitrogen and oxygen atoms in total. The van der Waals surface area contributed by atoms with Crippen LogP contribution in [0, 0.1) is 0 Å². The molecule has 2 aromatic rings. The van der Waals surface area contributed by atoms with E-state index in [0.717, 1.165) is 44.0 Å². The zero-order valence-electron chi connectivity index (χ0n) is 19.2. The van der Waals surface area contributed by atoms with Gasteiger partial charge in [0.15, 0.2) is 0 Å². The number of rotatable bonds is 7. The predicted molar refractivity (Wildman–Crippen MR) is 131 cm³/mol. The van der Waals surface area contributed by atoms with E-state index in [4.69, 9.17) is 27.9 Å². The molecule has 1 aliphatic rings. The van der Waals surface area contributed by atoms with Crippen molar-refractivity contribution in [3.05, 3.63) is 57.7 Å². The Morgan fingerprint density at radius 1 is 1.12 bits per heavy atom. The highest BCUT2D eigenvalue weighted by Gasteiger charge is 2.26. The molecule has 0 saturated carbocycles. The number of carbonyl (C=O) groups is 2. The molecule has 33 heavy (non-hydrogen) atoms. The second-order valence-corrected chi connectivity index (χ2v) is 8.92. The first kappa shape index (κ1) is 25.3. The van der Waals surface area contributed by atoms with E-state index in [1.807, 2.05) is 26.0 Å². The van der Waals surface area contributed by atoms with Crippen LogP contribution in [0.15, 0.2) is 36.5 Å². The van der Waals surface area contributed by atoms with E-state index in [1.165, 1.54) is 0 Å². The Hall–Kier alpha value is -2.35. The molecule has 1 aromatic carbocycles. The Morgan fingerprint density at radius 2 is 1.91 bits per heavy atom. The Bertz CT molecular complexity index is 971. The van der Waals surface area contributed by atoms with Crippen LogP contribution < -0.4 is 10.2 Å². The van der Waals surface area contributed by atoms with Gasteiger partial charge in [0.05, 0.1) is 24.3 Å². The molecule has 178 valence electrons. The fraction of sp³-hybridized carbons (Fsp3) is 0.458. The number of carbonyl (C=O) groups excluding carboxylic acids is 2. The van der Waals surface area contributed by atoms with Crippen LogP contribution >= 0.6 is 23.2 Å². The molecule has 3 rings (SSSR count). The zero-order valence-corrected chi connectivity index (χ0v) is 20.7. The molecule has 9 heteroatoms. The minimum absolute atomic E-state index is 0.0427. The Balaban J connectivity index is 1.57. The number of benzene rings is 1. The molecular weight excluding hydrogens is 463 g/mol. The van der Waals surface area contributed by atoms with Crippen LogP contribution in [0.1, 0.15) is 49.2 Å². The third-order valence-corrected chi connectivity index (χ3v) is 6.39. The lowest BCUT2D eigenvalue weighted by Gasteiger charge is -2.28. The van der Waals surface area contributed by atoms with Gasteiger partial charge in [0.2, 0.25) is 5.91 Å². The normalized spacial score (nSPS) is 16.6. The van der Waals surface area contributed by atoms with Crippen LogP contribution in [0.2, 0.25) is 10.0 Å². The van der Waals surface area contributed by atoms with Gasteiger partial charge < -0.3 is 15.0 Å². The molecule has 0 spiro atoms. The van der Waals surface area contributed by atoms with Gasteiger partial charge in [-0.05, 0) is 57.0 Å². The molecule has 1 N–H and O–H groups in total. The molecule has 0 radical (unpaired) electrons. The quantitative estimate of drug-likeness (QED) is 0.579. The van der Waals surface area contributed by atoms with Gasteiger partial charge in [-0.25, -0.2) is 9.78 Å². The molecule has 1 saturated heterocycles. The molecule has 2 atom stereocenters. The molecule has 0 bridgehead atoms. The van der Waals surface area contributed by atoms with Crippen LogP contribution in [-0.4, -0.2) is 60.6 Å². The van der Waals surface area contributed by atoms with Crippen molar-refractivity contribution in [1.82, 2.24) is 15.2 Å². The van der Waals surface area contributed by atoms with Gasteiger partial charge in [0.1, 0.15) is 5.82 Å². The third kappa shape index (κ3) is 6.59. The summed E-state index contributed by atoms with van der Waals surface area (Å²) >= 11 is 12.3. The van der Waals surface area contributed by atoms with Crippen molar-refractivity contribution in [2.45, 2.75) is 39.3 Å². The number of esters is 1. The van der Waals surface area contributed by atoms with Gasteiger partial charge in [0.25, 0.3) is 0 Å². The summed E-state index contributed by atoms with van der Waals surface area (Å²) in [5, 5.41) is 4.17. The van der Waals surface area contributed by atoms with E-state index in [0.29, 0.717) is 22.2 Å². The smallest absolute Gasteiger partial charge is 0.339 e. The second-order valence-electron chi connectivity index (χ2n) is 8.07. The second kappa shape index (κ2) is 11.7. The molecule has 1 aromatic heterocycles. The molecule has 2 unspecified atom stereocenters. The van der Waals surface area contributed by atoms with E-state index in [9.17, 15) is 9.59 Å². The minimum Gasteiger partial charge on any atom is -0.462 e. The highest BCUT2D eigenvalue weighted by molar-refractivity contribution is 6.35. The van der Waals surface area contributed by atoms with Crippen LogP contribution in [0.3, 0.4) is 0 Å². The van der Waals surface area contributed by atoms with Crippen molar-refractivity contribution in [3.8, 4) is 0 Å². The van der Waals surface area contributed by atoms with Crippen molar-refractivity contribution in [1.29, 1.82) is 0 Å². The number of hydrogen-bond acceptors (Lipinski definition) is 6. The van der Waals surface area contributed by atoms with Crippen LogP contribution in [0.5, 0.6) is 0 Å². The van der Waals surface area contributed by atoms with Gasteiger partial charge in [-0.3, -0.25) is 9.69 Å². The summed E-state index contributed by atoms with van der Waals surface area (Å²) in [6.07, 6.45) is 2.45. The summed E-state index contributed by atoms with van der Waals surface area (Å²) in [4.78, 5) is 33.6. The third-order valence-electron chi connectivity index (χ3n) is 5.83. The van der Waals surface area contributed by atoms with Crippen molar-refractivity contribution in [3.63, 3.8) is 0 Å². The van der Waals surface area contributed by atoms with Crippen molar-refractivity contribution < 1.29 is 14.3 Å². The molecule has 1 fully saturated rings. The number of hydrogen-bond donors (Lipinski definition) is 1. The Morgan fingerprint density at radius 3 is 2.58 bits per heavy atom. The maximum atomic E-state index is 12.9. The molecular formula is C24H30Cl2N4O3. The summed E-state index contributed by atoms with van der Waals surface area (Å²) in [6, 6.07) is 8.36. The minimum atomic E-state index is -0.368. The van der Waals surface area contributed by atoms with Crippen molar-refractivity contribution in [2.24, 2.45) is 0 Å². The Labute approximate surface area is 205 Å². The monoisotopic (exact) mass is 492 g/mol. The molecule has 2 heterocycles. The number of aromatic nitrogens is 1. The van der Waals surface area contributed by atoms with E-state index in [1.54, 1.807) is 31.3 Å². The first-order chi connectivity index (χ1) is 15.8. The lowest BCUT2D eigenvalue weighted by Crippen LogP contribution is -2.47. The van der Waals surface area contributed by atoms with E-state index in [2.05, 4.69) is 20.1 Å².